The van der Waals surface area contributed by atoms with Gasteiger partial charge in [-0.15, -0.1) is 0 Å². The third kappa shape index (κ3) is 4.06. The van der Waals surface area contributed by atoms with Crippen molar-refractivity contribution < 1.29 is 9.59 Å². The Kier molecular flexibility index (Phi) is 5.27. The highest BCUT2D eigenvalue weighted by molar-refractivity contribution is 5.93. The van der Waals surface area contributed by atoms with E-state index in [9.17, 15) is 9.59 Å². The Balaban J connectivity index is 2.63. The van der Waals surface area contributed by atoms with Gasteiger partial charge in [-0.25, -0.2) is 0 Å². The Morgan fingerprint density at radius 1 is 1.30 bits per heavy atom. The van der Waals surface area contributed by atoms with Crippen LogP contribution in [0, 0.1) is 12.3 Å². The fourth-order valence-electron chi connectivity index (χ4n) is 1.98. The Bertz CT molecular complexity index is 510. The maximum absolute atomic E-state index is 11.7. The maximum Gasteiger partial charge on any atom is 0.248 e. The van der Waals surface area contributed by atoms with Crippen LogP contribution in [0.2, 0.25) is 0 Å². The predicted molar refractivity (Wildman–Crippen MR) is 79.3 cm³/mol. The summed E-state index contributed by atoms with van der Waals surface area (Å²) in [5, 5.41) is 5.92. The first-order chi connectivity index (χ1) is 9.27. The number of nitrogens with one attached hydrogen (secondary N) is 2. The first kappa shape index (κ1) is 16.2. The van der Waals surface area contributed by atoms with Crippen molar-refractivity contribution in [1.29, 1.82) is 0 Å². The number of hydrogen-bond donors (Lipinski definition) is 3. The van der Waals surface area contributed by atoms with Crippen molar-refractivity contribution in [1.82, 2.24) is 10.6 Å². The van der Waals surface area contributed by atoms with Gasteiger partial charge in [0, 0.05) is 25.7 Å². The standard InChI is InChI=1S/C15H23N3O2/c1-10-7-11(13(16)19)5-6-12(10)8-18-9-15(2,3)14(20)17-4/h5-7,18H,8-9H2,1-4H3,(H2,16,19)(H,17,20). The lowest BCUT2D eigenvalue weighted by Crippen LogP contribution is -2.41. The number of aryl methyl sites for hydroxylation is 1. The molecule has 0 fully saturated rings. The molecular formula is C15H23N3O2. The topological polar surface area (TPSA) is 84.2 Å². The quantitative estimate of drug-likeness (QED) is 0.724. The van der Waals surface area contributed by atoms with Gasteiger partial charge in [-0.05, 0) is 44.0 Å². The lowest BCUT2D eigenvalue weighted by Gasteiger charge is -2.23. The van der Waals surface area contributed by atoms with Crippen LogP contribution >= 0.6 is 0 Å². The van der Waals surface area contributed by atoms with Gasteiger partial charge in [0.1, 0.15) is 0 Å². The van der Waals surface area contributed by atoms with E-state index in [-0.39, 0.29) is 5.91 Å². The summed E-state index contributed by atoms with van der Waals surface area (Å²) in [6, 6.07) is 5.38. The molecule has 110 valence electrons. The van der Waals surface area contributed by atoms with Crippen molar-refractivity contribution in [3.8, 4) is 0 Å². The van der Waals surface area contributed by atoms with Gasteiger partial charge in [0.15, 0.2) is 0 Å². The number of amides is 2. The second-order valence-corrected chi connectivity index (χ2v) is 5.57. The van der Waals surface area contributed by atoms with Crippen LogP contribution in [0.1, 0.15) is 35.3 Å². The van der Waals surface area contributed by atoms with Gasteiger partial charge in [0.25, 0.3) is 0 Å². The molecule has 0 saturated carbocycles. The Labute approximate surface area is 119 Å². The molecule has 1 rings (SSSR count). The lowest BCUT2D eigenvalue weighted by molar-refractivity contribution is -0.128. The minimum Gasteiger partial charge on any atom is -0.366 e. The zero-order chi connectivity index (χ0) is 15.3. The molecule has 0 aliphatic rings. The monoisotopic (exact) mass is 277 g/mol. The molecule has 0 atom stereocenters. The first-order valence-electron chi connectivity index (χ1n) is 6.60. The highest BCUT2D eigenvalue weighted by Gasteiger charge is 2.25. The van der Waals surface area contributed by atoms with Crippen molar-refractivity contribution in [3.05, 3.63) is 34.9 Å². The summed E-state index contributed by atoms with van der Waals surface area (Å²) >= 11 is 0. The third-order valence-electron chi connectivity index (χ3n) is 3.35. The van der Waals surface area contributed by atoms with Crippen LogP contribution in [0.15, 0.2) is 18.2 Å². The zero-order valence-corrected chi connectivity index (χ0v) is 12.5. The number of rotatable bonds is 6. The molecule has 0 radical (unpaired) electrons. The lowest BCUT2D eigenvalue weighted by atomic mass is 9.92. The highest BCUT2D eigenvalue weighted by atomic mass is 16.2. The molecule has 20 heavy (non-hydrogen) atoms. The largest absolute Gasteiger partial charge is 0.366 e. The molecule has 5 heteroatoms. The second kappa shape index (κ2) is 6.52. The summed E-state index contributed by atoms with van der Waals surface area (Å²) in [4.78, 5) is 22.7. The molecule has 0 unspecified atom stereocenters. The molecule has 2 amide bonds. The van der Waals surface area contributed by atoms with Crippen LogP contribution < -0.4 is 16.4 Å². The van der Waals surface area contributed by atoms with Crippen LogP contribution in [0.25, 0.3) is 0 Å². The smallest absolute Gasteiger partial charge is 0.248 e. The molecule has 1 aromatic carbocycles. The zero-order valence-electron chi connectivity index (χ0n) is 12.5. The van der Waals surface area contributed by atoms with Crippen molar-refractivity contribution >= 4 is 11.8 Å². The summed E-state index contributed by atoms with van der Waals surface area (Å²) < 4.78 is 0. The Hall–Kier alpha value is -1.88. The maximum atomic E-state index is 11.7. The first-order valence-corrected chi connectivity index (χ1v) is 6.60. The van der Waals surface area contributed by atoms with Crippen LogP contribution in [-0.2, 0) is 11.3 Å². The van der Waals surface area contributed by atoms with Crippen molar-refractivity contribution in [3.63, 3.8) is 0 Å². The normalized spacial score (nSPS) is 11.2. The van der Waals surface area contributed by atoms with Crippen LogP contribution in [0.5, 0.6) is 0 Å². The number of hydrogen-bond acceptors (Lipinski definition) is 3. The van der Waals surface area contributed by atoms with Crippen molar-refractivity contribution in [2.45, 2.75) is 27.3 Å². The Morgan fingerprint density at radius 3 is 2.45 bits per heavy atom. The van der Waals surface area contributed by atoms with E-state index < -0.39 is 11.3 Å². The molecular weight excluding hydrogens is 254 g/mol. The molecule has 0 bridgehead atoms. The van der Waals surface area contributed by atoms with Crippen LogP contribution in [-0.4, -0.2) is 25.4 Å². The van der Waals surface area contributed by atoms with E-state index in [1.54, 1.807) is 19.2 Å². The number of nitrogens with two attached hydrogens (primary N) is 1. The van der Waals surface area contributed by atoms with Crippen molar-refractivity contribution in [2.24, 2.45) is 11.1 Å². The average Bonchev–Trinajstić information content (AvgIpc) is 2.39. The highest BCUT2D eigenvalue weighted by Crippen LogP contribution is 2.15. The van der Waals surface area contributed by atoms with E-state index in [2.05, 4.69) is 10.6 Å². The summed E-state index contributed by atoms with van der Waals surface area (Å²) in [5.74, 6) is -0.417. The van der Waals surface area contributed by atoms with Gasteiger partial charge in [0.2, 0.25) is 11.8 Å². The predicted octanol–water partition coefficient (Wildman–Crippen LogP) is 0.956. The molecule has 0 aliphatic heterocycles. The number of carbonyl (C=O) groups excluding carboxylic acids is 2. The van der Waals surface area contributed by atoms with Gasteiger partial charge in [-0.1, -0.05) is 6.07 Å². The van der Waals surface area contributed by atoms with Gasteiger partial charge < -0.3 is 16.4 Å². The summed E-state index contributed by atoms with van der Waals surface area (Å²) in [6.45, 7) is 6.94. The second-order valence-electron chi connectivity index (χ2n) is 5.57. The summed E-state index contributed by atoms with van der Waals surface area (Å²) in [6.07, 6.45) is 0. The van der Waals surface area contributed by atoms with Crippen LogP contribution in [0.3, 0.4) is 0 Å². The molecule has 0 aliphatic carbocycles. The molecule has 1 aromatic rings. The molecule has 0 heterocycles. The third-order valence-corrected chi connectivity index (χ3v) is 3.35. The number of primary amides is 1. The van der Waals surface area contributed by atoms with Gasteiger partial charge in [0.05, 0.1) is 5.41 Å². The van der Waals surface area contributed by atoms with Gasteiger partial charge in [-0.2, -0.15) is 0 Å². The van der Waals surface area contributed by atoms with E-state index in [0.29, 0.717) is 18.7 Å². The molecule has 0 spiro atoms. The fourth-order valence-corrected chi connectivity index (χ4v) is 1.98. The number of benzene rings is 1. The minimum atomic E-state index is -0.462. The molecule has 5 nitrogen and oxygen atoms in total. The fraction of sp³-hybridized carbons (Fsp3) is 0.467. The summed E-state index contributed by atoms with van der Waals surface area (Å²) in [7, 11) is 1.64. The van der Waals surface area contributed by atoms with E-state index in [1.807, 2.05) is 26.8 Å². The molecule has 0 aromatic heterocycles. The number of carbonyl (C=O) groups is 2. The Morgan fingerprint density at radius 2 is 1.95 bits per heavy atom. The molecule has 4 N–H and O–H groups in total. The SMILES string of the molecule is CNC(=O)C(C)(C)CNCc1ccc(C(N)=O)cc1C. The minimum absolute atomic E-state index is 0.00537. The van der Waals surface area contributed by atoms with Gasteiger partial charge >= 0.3 is 0 Å². The van der Waals surface area contributed by atoms with E-state index in [1.165, 1.54) is 0 Å². The van der Waals surface area contributed by atoms with E-state index in [4.69, 9.17) is 5.73 Å². The van der Waals surface area contributed by atoms with Crippen molar-refractivity contribution in [2.75, 3.05) is 13.6 Å². The van der Waals surface area contributed by atoms with E-state index >= 15 is 0 Å². The van der Waals surface area contributed by atoms with E-state index in [0.717, 1.165) is 11.1 Å². The van der Waals surface area contributed by atoms with Gasteiger partial charge in [-0.3, -0.25) is 9.59 Å². The summed E-state index contributed by atoms with van der Waals surface area (Å²) in [5.41, 5.74) is 7.38. The average molecular weight is 277 g/mol. The van der Waals surface area contributed by atoms with Crippen LogP contribution in [0.4, 0.5) is 0 Å². The molecule has 0 saturated heterocycles.